The van der Waals surface area contributed by atoms with Gasteiger partial charge in [-0.3, -0.25) is 4.79 Å². The number of rotatable bonds is 4. The zero-order chi connectivity index (χ0) is 16.9. The Balaban J connectivity index is 2.15. The molecule has 0 radical (unpaired) electrons. The van der Waals surface area contributed by atoms with Crippen molar-refractivity contribution >= 4 is 17.4 Å². The van der Waals surface area contributed by atoms with Crippen LogP contribution < -0.4 is 0 Å². The lowest BCUT2D eigenvalue weighted by molar-refractivity contribution is 0.105. The first kappa shape index (κ1) is 15.9. The molecule has 0 atom stereocenters. The fourth-order valence-electron chi connectivity index (χ4n) is 2.92. The highest BCUT2D eigenvalue weighted by molar-refractivity contribution is 6.33. The minimum Gasteiger partial charge on any atom is -0.289 e. The molecular formula is C23H20O. The Kier molecular flexibility index (Phi) is 4.72. The third-order valence-electron chi connectivity index (χ3n) is 4.15. The summed E-state index contributed by atoms with van der Waals surface area (Å²) >= 11 is 0. The molecule has 0 aliphatic carbocycles. The molecule has 0 bridgehead atoms. The maximum atomic E-state index is 13.3. The summed E-state index contributed by atoms with van der Waals surface area (Å²) in [5.74, 6) is 0.0700. The van der Waals surface area contributed by atoms with Gasteiger partial charge in [-0.05, 0) is 42.2 Å². The van der Waals surface area contributed by atoms with Gasteiger partial charge in [-0.1, -0.05) is 78.9 Å². The van der Waals surface area contributed by atoms with Gasteiger partial charge >= 0.3 is 0 Å². The summed E-state index contributed by atoms with van der Waals surface area (Å²) < 4.78 is 0. The summed E-state index contributed by atoms with van der Waals surface area (Å²) in [6.45, 7) is 3.98. The number of hydrogen-bond donors (Lipinski definition) is 0. The van der Waals surface area contributed by atoms with E-state index in [0.717, 1.165) is 33.4 Å². The van der Waals surface area contributed by atoms with E-state index < -0.39 is 0 Å². The van der Waals surface area contributed by atoms with Gasteiger partial charge in [-0.2, -0.15) is 0 Å². The van der Waals surface area contributed by atoms with E-state index in [0.29, 0.717) is 0 Å². The molecule has 118 valence electrons. The summed E-state index contributed by atoms with van der Waals surface area (Å²) in [4.78, 5) is 13.3. The molecule has 0 N–H and O–H groups in total. The van der Waals surface area contributed by atoms with E-state index in [4.69, 9.17) is 0 Å². The van der Waals surface area contributed by atoms with E-state index >= 15 is 0 Å². The lowest BCUT2D eigenvalue weighted by Gasteiger charge is -2.12. The van der Waals surface area contributed by atoms with E-state index in [1.165, 1.54) is 0 Å². The van der Waals surface area contributed by atoms with Crippen molar-refractivity contribution in [2.45, 2.75) is 13.8 Å². The molecule has 1 nitrogen and oxygen atoms in total. The topological polar surface area (TPSA) is 17.1 Å². The first-order chi connectivity index (χ1) is 11.7. The zero-order valence-electron chi connectivity index (χ0n) is 14.0. The average Bonchev–Trinajstić information content (AvgIpc) is 2.61. The number of benzene rings is 3. The van der Waals surface area contributed by atoms with Gasteiger partial charge in [0, 0.05) is 11.1 Å². The number of Topliss-reactive ketones (excluding diaryl/α,β-unsaturated/α-hetero) is 1. The molecule has 0 aromatic heterocycles. The minimum absolute atomic E-state index is 0.0700. The summed E-state index contributed by atoms with van der Waals surface area (Å²) in [6.07, 6.45) is 1.98. The maximum absolute atomic E-state index is 13.3. The van der Waals surface area contributed by atoms with Crippen LogP contribution in [0.25, 0.3) is 11.6 Å². The van der Waals surface area contributed by atoms with Gasteiger partial charge in [-0.25, -0.2) is 0 Å². The normalized spacial score (nSPS) is 11.3. The highest BCUT2D eigenvalue weighted by atomic mass is 16.1. The monoisotopic (exact) mass is 312 g/mol. The predicted molar refractivity (Wildman–Crippen MR) is 101 cm³/mol. The van der Waals surface area contributed by atoms with E-state index in [1.807, 2.05) is 98.8 Å². The smallest absolute Gasteiger partial charge is 0.194 e. The number of carbonyl (C=O) groups excluding carboxylic acids is 1. The molecule has 0 spiro atoms. The van der Waals surface area contributed by atoms with E-state index in [-0.39, 0.29) is 5.78 Å². The van der Waals surface area contributed by atoms with Crippen molar-refractivity contribution in [2.24, 2.45) is 0 Å². The third kappa shape index (κ3) is 3.36. The van der Waals surface area contributed by atoms with Gasteiger partial charge in [-0.15, -0.1) is 0 Å². The molecule has 3 rings (SSSR count). The predicted octanol–water partition coefficient (Wildman–Crippen LogP) is 5.73. The average molecular weight is 312 g/mol. The van der Waals surface area contributed by atoms with Gasteiger partial charge in [0.05, 0.1) is 0 Å². The lowest BCUT2D eigenvalue weighted by Crippen LogP contribution is -2.07. The molecule has 0 aliphatic heterocycles. The van der Waals surface area contributed by atoms with E-state index in [9.17, 15) is 4.79 Å². The second-order valence-electron chi connectivity index (χ2n) is 5.93. The van der Waals surface area contributed by atoms with Crippen LogP contribution in [0.4, 0.5) is 0 Å². The molecule has 3 aromatic carbocycles. The molecule has 1 heteroatoms. The highest BCUT2D eigenvalue weighted by Crippen LogP contribution is 2.26. The Morgan fingerprint density at radius 1 is 0.708 bits per heavy atom. The summed E-state index contributed by atoms with van der Waals surface area (Å²) in [6, 6.07) is 25.8. The van der Waals surface area contributed by atoms with Crippen molar-refractivity contribution in [1.82, 2.24) is 0 Å². The van der Waals surface area contributed by atoms with E-state index in [2.05, 4.69) is 0 Å². The summed E-state index contributed by atoms with van der Waals surface area (Å²) in [5, 5.41) is 0. The fourth-order valence-corrected chi connectivity index (χ4v) is 2.92. The Labute approximate surface area is 143 Å². The van der Waals surface area contributed by atoms with Crippen LogP contribution in [0.5, 0.6) is 0 Å². The molecule has 0 unspecified atom stereocenters. The molecule has 0 saturated heterocycles. The Hall–Kier alpha value is -2.93. The van der Waals surface area contributed by atoms with Crippen molar-refractivity contribution < 1.29 is 4.79 Å². The third-order valence-corrected chi connectivity index (χ3v) is 4.15. The van der Waals surface area contributed by atoms with Crippen LogP contribution in [-0.4, -0.2) is 5.78 Å². The number of allylic oxidation sites excluding steroid dienone is 1. The molecule has 0 aliphatic rings. The Bertz CT molecular complexity index is 854. The van der Waals surface area contributed by atoms with Crippen LogP contribution in [0.15, 0.2) is 78.9 Å². The molecule has 0 saturated carbocycles. The number of ketones is 1. The number of carbonyl (C=O) groups is 1. The van der Waals surface area contributed by atoms with Crippen molar-refractivity contribution in [3.63, 3.8) is 0 Å². The number of aryl methyl sites for hydroxylation is 2. The van der Waals surface area contributed by atoms with Gasteiger partial charge < -0.3 is 0 Å². The maximum Gasteiger partial charge on any atom is 0.194 e. The Morgan fingerprint density at radius 3 is 1.83 bits per heavy atom. The molecule has 0 heterocycles. The van der Waals surface area contributed by atoms with Gasteiger partial charge in [0.2, 0.25) is 0 Å². The lowest BCUT2D eigenvalue weighted by atomic mass is 9.90. The van der Waals surface area contributed by atoms with Gasteiger partial charge in [0.25, 0.3) is 0 Å². The molecule has 0 amide bonds. The van der Waals surface area contributed by atoms with Crippen LogP contribution >= 0.6 is 0 Å². The second-order valence-corrected chi connectivity index (χ2v) is 5.93. The molecule has 3 aromatic rings. The number of hydrogen-bond acceptors (Lipinski definition) is 1. The van der Waals surface area contributed by atoms with E-state index in [1.54, 1.807) is 0 Å². The van der Waals surface area contributed by atoms with Crippen molar-refractivity contribution in [3.05, 3.63) is 107 Å². The van der Waals surface area contributed by atoms with Crippen LogP contribution in [-0.2, 0) is 0 Å². The van der Waals surface area contributed by atoms with Crippen LogP contribution in [0, 0.1) is 13.8 Å². The SMILES string of the molecule is Cc1cccc(C)c1C(=O)/C(=C/c1ccccc1)c1ccccc1. The van der Waals surface area contributed by atoms with Crippen LogP contribution in [0.3, 0.4) is 0 Å². The van der Waals surface area contributed by atoms with Crippen molar-refractivity contribution in [1.29, 1.82) is 0 Å². The van der Waals surface area contributed by atoms with Gasteiger partial charge in [0.15, 0.2) is 5.78 Å². The van der Waals surface area contributed by atoms with Crippen LogP contribution in [0.1, 0.15) is 32.6 Å². The van der Waals surface area contributed by atoms with Crippen molar-refractivity contribution in [3.8, 4) is 0 Å². The molecule has 24 heavy (non-hydrogen) atoms. The minimum atomic E-state index is 0.0700. The standard InChI is InChI=1S/C23H20O/c1-17-10-9-11-18(2)22(17)23(24)21(20-14-7-4-8-15-20)16-19-12-5-3-6-13-19/h3-16H,1-2H3/b21-16+. The molecule has 0 fully saturated rings. The summed E-state index contributed by atoms with van der Waals surface area (Å²) in [5.41, 5.74) is 5.50. The van der Waals surface area contributed by atoms with Crippen molar-refractivity contribution in [2.75, 3.05) is 0 Å². The fraction of sp³-hybridized carbons (Fsp3) is 0.0870. The quantitative estimate of drug-likeness (QED) is 0.342. The second kappa shape index (κ2) is 7.10. The van der Waals surface area contributed by atoms with Gasteiger partial charge in [0.1, 0.15) is 0 Å². The first-order valence-corrected chi connectivity index (χ1v) is 8.10. The van der Waals surface area contributed by atoms with Crippen LogP contribution in [0.2, 0.25) is 0 Å². The largest absolute Gasteiger partial charge is 0.289 e. The zero-order valence-corrected chi connectivity index (χ0v) is 14.0. The molecular weight excluding hydrogens is 292 g/mol. The first-order valence-electron chi connectivity index (χ1n) is 8.10. The highest BCUT2D eigenvalue weighted by Gasteiger charge is 2.18. The summed E-state index contributed by atoms with van der Waals surface area (Å²) in [7, 11) is 0. The Morgan fingerprint density at radius 2 is 1.25 bits per heavy atom.